The van der Waals surface area contributed by atoms with Gasteiger partial charge in [0, 0.05) is 0 Å². The smallest absolute Gasteiger partial charge is 0.250 e. The summed E-state index contributed by atoms with van der Waals surface area (Å²) >= 11 is 4.39. The molecule has 0 amide bonds. The largest absolute Gasteiger partial charge is 0.298 e. The summed E-state index contributed by atoms with van der Waals surface area (Å²) in [5.41, 5.74) is 0.862. The Kier molecular flexibility index (Phi) is 4.28. The Hall–Kier alpha value is -0.240. The van der Waals surface area contributed by atoms with Gasteiger partial charge >= 0.3 is 0 Å². The molecule has 0 aromatic carbocycles. The first-order valence-electron chi connectivity index (χ1n) is 4.52. The average Bonchev–Trinajstić information content (AvgIpc) is 2.47. The molecule has 1 aromatic heterocycles. The van der Waals surface area contributed by atoms with Gasteiger partial charge < -0.3 is 0 Å². The monoisotopic (exact) mass is 325 g/mol. The minimum Gasteiger partial charge on any atom is -0.298 e. The van der Waals surface area contributed by atoms with E-state index in [4.69, 9.17) is 0 Å². The molecule has 0 aliphatic rings. The van der Waals surface area contributed by atoms with E-state index in [0.29, 0.717) is 0 Å². The molecule has 0 saturated heterocycles. The molecule has 7 heteroatoms. The average molecular weight is 326 g/mol. The number of halogens is 1. The van der Waals surface area contributed by atoms with Crippen molar-refractivity contribution < 1.29 is 13.2 Å². The van der Waals surface area contributed by atoms with E-state index in [9.17, 15) is 13.2 Å². The van der Waals surface area contributed by atoms with Crippen LogP contribution in [-0.2, 0) is 14.8 Å². The number of hydrogen-bond donors (Lipinski definition) is 1. The molecule has 1 atom stereocenters. The molecule has 16 heavy (non-hydrogen) atoms. The van der Waals surface area contributed by atoms with Gasteiger partial charge in [0.1, 0.15) is 9.99 Å². The summed E-state index contributed by atoms with van der Waals surface area (Å²) in [4.78, 5) is 11.0. The Balaban J connectivity index is 2.99. The summed E-state index contributed by atoms with van der Waals surface area (Å²) in [7, 11) is -3.59. The number of aryl methyl sites for hydroxylation is 1. The van der Waals surface area contributed by atoms with E-state index in [1.54, 1.807) is 6.07 Å². The number of sulfonamides is 1. The molecule has 0 saturated carbocycles. The topological polar surface area (TPSA) is 63.2 Å². The number of Topliss-reactive ketones (excluding diaryl/α,β-unsaturated/α-hetero) is 1. The second-order valence-corrected chi connectivity index (χ2v) is 7.79. The number of thiophene rings is 1. The van der Waals surface area contributed by atoms with Crippen LogP contribution in [0.1, 0.15) is 19.4 Å². The third-order valence-electron chi connectivity index (χ3n) is 2.04. The minimum absolute atomic E-state index is 0.212. The van der Waals surface area contributed by atoms with Gasteiger partial charge in [-0.15, -0.1) is 11.3 Å². The maximum atomic E-state index is 11.8. The first kappa shape index (κ1) is 13.8. The van der Waals surface area contributed by atoms with Crippen molar-refractivity contribution in [1.82, 2.24) is 4.72 Å². The molecule has 1 heterocycles. The molecule has 4 nitrogen and oxygen atoms in total. The van der Waals surface area contributed by atoms with Crippen LogP contribution in [0, 0.1) is 6.92 Å². The molecule has 1 unspecified atom stereocenters. The molecular weight excluding hydrogens is 314 g/mol. The normalized spacial score (nSPS) is 13.8. The molecule has 1 rings (SSSR count). The highest BCUT2D eigenvalue weighted by atomic mass is 79.9. The van der Waals surface area contributed by atoms with Gasteiger partial charge in [0.25, 0.3) is 10.0 Å². The number of carbonyl (C=O) groups is 1. The fraction of sp³-hybridized carbons (Fsp3) is 0.444. The van der Waals surface area contributed by atoms with E-state index < -0.39 is 16.1 Å². The first-order chi connectivity index (χ1) is 7.24. The number of rotatable bonds is 4. The van der Waals surface area contributed by atoms with Crippen LogP contribution in [-0.4, -0.2) is 20.2 Å². The van der Waals surface area contributed by atoms with Crippen LogP contribution in [0.2, 0.25) is 0 Å². The predicted molar refractivity (Wildman–Crippen MR) is 67.2 cm³/mol. The Bertz CT molecular complexity index is 487. The van der Waals surface area contributed by atoms with Gasteiger partial charge in [-0.1, -0.05) is 0 Å². The molecule has 90 valence electrons. The Morgan fingerprint density at radius 3 is 2.50 bits per heavy atom. The summed E-state index contributed by atoms with van der Waals surface area (Å²) in [6.07, 6.45) is 0. The summed E-state index contributed by atoms with van der Waals surface area (Å²) in [5, 5.41) is 0. The van der Waals surface area contributed by atoms with E-state index >= 15 is 0 Å². The minimum atomic E-state index is -3.59. The van der Waals surface area contributed by atoms with Gasteiger partial charge in [0.05, 0.1) is 9.83 Å². The third kappa shape index (κ3) is 3.13. The zero-order valence-corrected chi connectivity index (χ0v) is 12.3. The number of hydrogen-bond acceptors (Lipinski definition) is 4. The van der Waals surface area contributed by atoms with Crippen LogP contribution in [0.25, 0.3) is 0 Å². The van der Waals surface area contributed by atoms with Gasteiger partial charge in [-0.2, -0.15) is 0 Å². The SMILES string of the molecule is CC(=O)C(C)NS(=O)(=O)c1cc(C)c(Br)s1. The molecule has 1 aromatic rings. The van der Waals surface area contributed by atoms with Crippen LogP contribution < -0.4 is 4.72 Å². The Morgan fingerprint density at radius 1 is 1.56 bits per heavy atom. The highest BCUT2D eigenvalue weighted by molar-refractivity contribution is 9.11. The first-order valence-corrected chi connectivity index (χ1v) is 7.62. The van der Waals surface area contributed by atoms with Crippen molar-refractivity contribution in [2.24, 2.45) is 0 Å². The summed E-state index contributed by atoms with van der Waals surface area (Å²) < 4.78 is 27.0. The molecule has 0 radical (unpaired) electrons. The molecule has 0 aliphatic carbocycles. The van der Waals surface area contributed by atoms with Crippen LogP contribution in [0.3, 0.4) is 0 Å². The quantitative estimate of drug-likeness (QED) is 0.921. The van der Waals surface area contributed by atoms with Gasteiger partial charge in [0.15, 0.2) is 0 Å². The lowest BCUT2D eigenvalue weighted by Crippen LogP contribution is -2.36. The number of ketones is 1. The lowest BCUT2D eigenvalue weighted by molar-refractivity contribution is -0.118. The summed E-state index contributed by atoms with van der Waals surface area (Å²) in [5.74, 6) is -0.212. The van der Waals surface area contributed by atoms with Crippen molar-refractivity contribution in [3.63, 3.8) is 0 Å². The number of nitrogens with one attached hydrogen (secondary N) is 1. The van der Waals surface area contributed by atoms with Crippen molar-refractivity contribution in [3.8, 4) is 0 Å². The summed E-state index contributed by atoms with van der Waals surface area (Å²) in [6, 6.07) is 0.871. The third-order valence-corrected chi connectivity index (χ3v) is 6.19. The molecule has 0 bridgehead atoms. The molecular formula is C9H12BrNO3S2. The maximum Gasteiger partial charge on any atom is 0.250 e. The van der Waals surface area contributed by atoms with E-state index in [1.807, 2.05) is 6.92 Å². The summed E-state index contributed by atoms with van der Waals surface area (Å²) in [6.45, 7) is 4.69. The van der Waals surface area contributed by atoms with Crippen molar-refractivity contribution in [2.75, 3.05) is 0 Å². The van der Waals surface area contributed by atoms with Gasteiger partial charge in [-0.05, 0) is 48.3 Å². The van der Waals surface area contributed by atoms with Gasteiger partial charge in [-0.3, -0.25) is 4.79 Å². The number of carbonyl (C=O) groups excluding carboxylic acids is 1. The zero-order chi connectivity index (χ0) is 12.5. The fourth-order valence-electron chi connectivity index (χ4n) is 0.938. The van der Waals surface area contributed by atoms with Crippen molar-refractivity contribution >= 4 is 43.1 Å². The van der Waals surface area contributed by atoms with Gasteiger partial charge in [-0.25, -0.2) is 13.1 Å². The Labute approximate surface area is 107 Å². The second kappa shape index (κ2) is 4.95. The van der Waals surface area contributed by atoms with Crippen LogP contribution in [0.5, 0.6) is 0 Å². The lowest BCUT2D eigenvalue weighted by atomic mass is 10.3. The fourth-order valence-corrected chi connectivity index (χ4v) is 4.44. The van der Waals surface area contributed by atoms with E-state index in [0.717, 1.165) is 20.7 Å². The van der Waals surface area contributed by atoms with E-state index in [1.165, 1.54) is 13.8 Å². The van der Waals surface area contributed by atoms with Crippen LogP contribution in [0.4, 0.5) is 0 Å². The van der Waals surface area contributed by atoms with Crippen molar-refractivity contribution in [1.29, 1.82) is 0 Å². The predicted octanol–water partition coefficient (Wildman–Crippen LogP) is 2.07. The molecule has 1 N–H and O–H groups in total. The maximum absolute atomic E-state index is 11.8. The van der Waals surface area contributed by atoms with Crippen LogP contribution >= 0.6 is 27.3 Å². The molecule has 0 fully saturated rings. The van der Waals surface area contributed by atoms with E-state index in [2.05, 4.69) is 20.7 Å². The highest BCUT2D eigenvalue weighted by Crippen LogP contribution is 2.30. The highest BCUT2D eigenvalue weighted by Gasteiger charge is 2.22. The molecule has 0 spiro atoms. The second-order valence-electron chi connectivity index (χ2n) is 3.48. The standard InChI is InChI=1S/C9H12BrNO3S2/c1-5-4-8(15-9(5)10)16(13,14)11-6(2)7(3)12/h4,6,11H,1-3H3. The lowest BCUT2D eigenvalue weighted by Gasteiger charge is -2.09. The Morgan fingerprint density at radius 2 is 2.12 bits per heavy atom. The van der Waals surface area contributed by atoms with Gasteiger partial charge in [0.2, 0.25) is 0 Å². The van der Waals surface area contributed by atoms with Crippen molar-refractivity contribution in [2.45, 2.75) is 31.0 Å². The zero-order valence-electron chi connectivity index (χ0n) is 9.07. The van der Waals surface area contributed by atoms with Crippen molar-refractivity contribution in [3.05, 3.63) is 15.4 Å². The molecule has 0 aliphatic heterocycles. The van der Waals surface area contributed by atoms with E-state index in [-0.39, 0.29) is 9.99 Å². The van der Waals surface area contributed by atoms with Crippen LogP contribution in [0.15, 0.2) is 14.1 Å².